The molecule has 2 aromatic heterocycles. The fraction of sp³-hybridized carbons (Fsp3) is 0.471. The Bertz CT molecular complexity index is 690. The molecule has 2 aromatic rings. The van der Waals surface area contributed by atoms with Gasteiger partial charge in [0.05, 0.1) is 36.4 Å². The number of pyridine rings is 1. The van der Waals surface area contributed by atoms with Gasteiger partial charge in [-0.3, -0.25) is 4.79 Å². The third kappa shape index (κ3) is 4.30. The van der Waals surface area contributed by atoms with Crippen molar-refractivity contribution in [2.75, 3.05) is 13.2 Å². The van der Waals surface area contributed by atoms with Gasteiger partial charge in [0, 0.05) is 23.6 Å². The molecule has 1 fully saturated rings. The lowest BCUT2D eigenvalue weighted by Crippen LogP contribution is -2.52. The fourth-order valence-electron chi connectivity index (χ4n) is 2.71. The lowest BCUT2D eigenvalue weighted by molar-refractivity contribution is -0.123. The number of thiazole rings is 1. The van der Waals surface area contributed by atoms with Crippen LogP contribution in [0.1, 0.15) is 22.0 Å². The van der Waals surface area contributed by atoms with Crippen LogP contribution in [0.5, 0.6) is 5.88 Å². The molecule has 0 radical (unpaired) electrons. The van der Waals surface area contributed by atoms with Gasteiger partial charge in [0.25, 0.3) is 0 Å². The standard InChI is InChI=1S/C17H21N3O3S/c1-11-13(19-12(2)24-11)9-16(21)20-14-10-22-8-6-15(14)23-17-5-3-4-7-18-17/h3-5,7,14-15H,6,8-10H2,1-2H3,(H,20,21)/t14-,15-/m1/s1. The van der Waals surface area contributed by atoms with Crippen LogP contribution in [0.2, 0.25) is 0 Å². The summed E-state index contributed by atoms with van der Waals surface area (Å²) in [6.07, 6.45) is 2.55. The van der Waals surface area contributed by atoms with Crippen molar-refractivity contribution in [3.8, 4) is 5.88 Å². The van der Waals surface area contributed by atoms with Crippen LogP contribution in [0.25, 0.3) is 0 Å². The molecule has 6 nitrogen and oxygen atoms in total. The van der Waals surface area contributed by atoms with Crippen LogP contribution in [-0.2, 0) is 16.0 Å². The molecule has 7 heteroatoms. The van der Waals surface area contributed by atoms with Crippen LogP contribution in [0.3, 0.4) is 0 Å². The highest BCUT2D eigenvalue weighted by Crippen LogP contribution is 2.18. The summed E-state index contributed by atoms with van der Waals surface area (Å²) in [7, 11) is 0. The average Bonchev–Trinajstić information content (AvgIpc) is 2.87. The summed E-state index contributed by atoms with van der Waals surface area (Å²) < 4.78 is 11.4. The Morgan fingerprint density at radius 2 is 2.33 bits per heavy atom. The molecule has 2 atom stereocenters. The van der Waals surface area contributed by atoms with E-state index in [1.54, 1.807) is 17.5 Å². The highest BCUT2D eigenvalue weighted by atomic mass is 32.1. The van der Waals surface area contributed by atoms with Crippen molar-refractivity contribution in [3.63, 3.8) is 0 Å². The van der Waals surface area contributed by atoms with Gasteiger partial charge in [-0.15, -0.1) is 11.3 Å². The van der Waals surface area contributed by atoms with E-state index in [-0.39, 0.29) is 24.5 Å². The number of hydrogen-bond donors (Lipinski definition) is 1. The molecular weight excluding hydrogens is 326 g/mol. The topological polar surface area (TPSA) is 73.3 Å². The van der Waals surface area contributed by atoms with Crippen LogP contribution < -0.4 is 10.1 Å². The number of rotatable bonds is 5. The molecule has 0 aliphatic carbocycles. The zero-order valence-electron chi connectivity index (χ0n) is 13.8. The number of nitrogens with zero attached hydrogens (tertiary/aromatic N) is 2. The molecule has 1 amide bonds. The molecule has 1 N–H and O–H groups in total. The van der Waals surface area contributed by atoms with Gasteiger partial charge in [-0.1, -0.05) is 6.07 Å². The normalized spacial score (nSPS) is 20.6. The fourth-order valence-corrected chi connectivity index (χ4v) is 3.55. The van der Waals surface area contributed by atoms with Crippen LogP contribution in [0.15, 0.2) is 24.4 Å². The lowest BCUT2D eigenvalue weighted by atomic mass is 10.1. The summed E-state index contributed by atoms with van der Waals surface area (Å²) in [5.41, 5.74) is 0.842. The monoisotopic (exact) mass is 347 g/mol. The van der Waals surface area contributed by atoms with E-state index >= 15 is 0 Å². The number of carbonyl (C=O) groups is 1. The molecule has 1 saturated heterocycles. The minimum Gasteiger partial charge on any atom is -0.472 e. The Kier molecular flexibility index (Phi) is 5.42. The molecular formula is C17H21N3O3S. The maximum Gasteiger partial charge on any atom is 0.226 e. The van der Waals surface area contributed by atoms with Crippen LogP contribution in [0.4, 0.5) is 0 Å². The van der Waals surface area contributed by atoms with E-state index in [1.165, 1.54) is 0 Å². The molecule has 1 aliphatic heterocycles. The SMILES string of the molecule is Cc1nc(CC(=O)N[C@@H]2COCC[C@H]2Oc2ccccn2)c(C)s1. The van der Waals surface area contributed by atoms with E-state index in [0.717, 1.165) is 22.0 Å². The van der Waals surface area contributed by atoms with Crippen molar-refractivity contribution >= 4 is 17.2 Å². The highest BCUT2D eigenvalue weighted by Gasteiger charge is 2.29. The lowest BCUT2D eigenvalue weighted by Gasteiger charge is -2.32. The molecule has 0 spiro atoms. The van der Waals surface area contributed by atoms with Crippen molar-refractivity contribution in [2.24, 2.45) is 0 Å². The number of aromatic nitrogens is 2. The number of carbonyl (C=O) groups excluding carboxylic acids is 1. The Balaban J connectivity index is 1.61. The molecule has 128 valence electrons. The Morgan fingerprint density at radius 1 is 1.46 bits per heavy atom. The Labute approximate surface area is 145 Å². The summed E-state index contributed by atoms with van der Waals surface area (Å²) in [5, 5.41) is 4.00. The van der Waals surface area contributed by atoms with E-state index in [2.05, 4.69) is 15.3 Å². The third-order valence-corrected chi connectivity index (χ3v) is 4.81. The average molecular weight is 347 g/mol. The van der Waals surface area contributed by atoms with Gasteiger partial charge < -0.3 is 14.8 Å². The summed E-state index contributed by atoms with van der Waals surface area (Å²) in [6, 6.07) is 5.35. The van der Waals surface area contributed by atoms with Gasteiger partial charge in [0.1, 0.15) is 6.10 Å². The quantitative estimate of drug-likeness (QED) is 0.896. The first-order chi connectivity index (χ1) is 11.6. The first-order valence-electron chi connectivity index (χ1n) is 7.99. The molecule has 3 rings (SSSR count). The molecule has 0 aromatic carbocycles. The van der Waals surface area contributed by atoms with Crippen LogP contribution in [0, 0.1) is 13.8 Å². The predicted molar refractivity (Wildman–Crippen MR) is 91.3 cm³/mol. The van der Waals surface area contributed by atoms with E-state index in [9.17, 15) is 4.79 Å². The van der Waals surface area contributed by atoms with Crippen molar-refractivity contribution in [3.05, 3.63) is 40.0 Å². The van der Waals surface area contributed by atoms with Crippen molar-refractivity contribution < 1.29 is 14.3 Å². The minimum absolute atomic E-state index is 0.0616. The number of amides is 1. The Hall–Kier alpha value is -1.99. The van der Waals surface area contributed by atoms with Gasteiger partial charge in [-0.05, 0) is 19.9 Å². The van der Waals surface area contributed by atoms with Gasteiger partial charge in [0.15, 0.2) is 0 Å². The smallest absolute Gasteiger partial charge is 0.226 e. The first-order valence-corrected chi connectivity index (χ1v) is 8.81. The maximum absolute atomic E-state index is 12.4. The van der Waals surface area contributed by atoms with Gasteiger partial charge in [-0.25, -0.2) is 9.97 Å². The van der Waals surface area contributed by atoms with Gasteiger partial charge in [-0.2, -0.15) is 0 Å². The molecule has 0 bridgehead atoms. The van der Waals surface area contributed by atoms with Crippen molar-refractivity contribution in [1.82, 2.24) is 15.3 Å². The largest absolute Gasteiger partial charge is 0.472 e. The molecule has 1 aliphatic rings. The van der Waals surface area contributed by atoms with E-state index in [1.807, 2.05) is 32.0 Å². The second kappa shape index (κ2) is 7.72. The second-order valence-electron chi connectivity index (χ2n) is 5.77. The van der Waals surface area contributed by atoms with Gasteiger partial charge in [0.2, 0.25) is 11.8 Å². The summed E-state index contributed by atoms with van der Waals surface area (Å²) in [4.78, 5) is 22.1. The van der Waals surface area contributed by atoms with Crippen molar-refractivity contribution in [1.29, 1.82) is 0 Å². The van der Waals surface area contributed by atoms with E-state index in [0.29, 0.717) is 19.1 Å². The molecule has 3 heterocycles. The molecule has 0 unspecified atom stereocenters. The summed E-state index contributed by atoms with van der Waals surface area (Å²) >= 11 is 1.61. The predicted octanol–water partition coefficient (Wildman–Crippen LogP) is 2.05. The molecule has 24 heavy (non-hydrogen) atoms. The van der Waals surface area contributed by atoms with Crippen LogP contribution in [-0.4, -0.2) is 41.2 Å². The van der Waals surface area contributed by atoms with Crippen LogP contribution >= 0.6 is 11.3 Å². The maximum atomic E-state index is 12.4. The van der Waals surface area contributed by atoms with E-state index in [4.69, 9.17) is 9.47 Å². The second-order valence-corrected chi connectivity index (χ2v) is 7.18. The number of hydrogen-bond acceptors (Lipinski definition) is 6. The third-order valence-electron chi connectivity index (χ3n) is 3.88. The summed E-state index contributed by atoms with van der Waals surface area (Å²) in [5.74, 6) is 0.503. The van der Waals surface area contributed by atoms with Gasteiger partial charge >= 0.3 is 0 Å². The highest BCUT2D eigenvalue weighted by molar-refractivity contribution is 7.11. The Morgan fingerprint density at radius 3 is 3.04 bits per heavy atom. The summed E-state index contributed by atoms with van der Waals surface area (Å²) in [6.45, 7) is 5.00. The zero-order valence-corrected chi connectivity index (χ0v) is 14.6. The number of ether oxygens (including phenoxy) is 2. The first kappa shape index (κ1) is 16.9. The minimum atomic E-state index is -0.187. The molecule has 0 saturated carbocycles. The number of nitrogens with one attached hydrogen (secondary N) is 1. The number of aryl methyl sites for hydroxylation is 2. The zero-order chi connectivity index (χ0) is 16.9. The van der Waals surface area contributed by atoms with E-state index < -0.39 is 0 Å². The van der Waals surface area contributed by atoms with Crippen molar-refractivity contribution in [2.45, 2.75) is 38.8 Å².